The Morgan fingerprint density at radius 2 is 2.29 bits per heavy atom. The van der Waals surface area contributed by atoms with E-state index in [1.165, 1.54) is 45.3 Å². The second-order valence-electron chi connectivity index (χ2n) is 6.64. The van der Waals surface area contributed by atoms with Gasteiger partial charge in [0, 0.05) is 28.3 Å². The van der Waals surface area contributed by atoms with Crippen LogP contribution >= 0.6 is 46.2 Å². The highest BCUT2D eigenvalue weighted by molar-refractivity contribution is 8.00. The second-order valence-corrected chi connectivity index (χ2v) is 10.4. The molecule has 3 aromatic rings. The number of aromatic nitrogens is 3. The Morgan fingerprint density at radius 1 is 1.43 bits per heavy atom. The molecular formula is C18H20N4O2S4. The third kappa shape index (κ3) is 4.06. The van der Waals surface area contributed by atoms with Crippen LogP contribution in [0.25, 0.3) is 10.2 Å². The number of ether oxygens (including phenoxy) is 1. The molecule has 0 saturated carbocycles. The molecule has 1 aliphatic heterocycles. The molecule has 1 aliphatic rings. The summed E-state index contributed by atoms with van der Waals surface area (Å²) < 4.78 is 6.10. The van der Waals surface area contributed by atoms with E-state index in [1.807, 2.05) is 11.6 Å². The number of carbonyl (C=O) groups is 1. The van der Waals surface area contributed by atoms with Gasteiger partial charge < -0.3 is 10.1 Å². The van der Waals surface area contributed by atoms with Gasteiger partial charge in [-0.2, -0.15) is 0 Å². The number of fused-ring (bicyclic) bond motifs is 3. The summed E-state index contributed by atoms with van der Waals surface area (Å²) >= 11 is 6.07. The lowest BCUT2D eigenvalue weighted by atomic mass is 9.90. The molecule has 4 heterocycles. The summed E-state index contributed by atoms with van der Waals surface area (Å²) in [4.78, 5) is 28.1. The molecule has 6 nitrogen and oxygen atoms in total. The van der Waals surface area contributed by atoms with Gasteiger partial charge in [-0.1, -0.05) is 30.4 Å². The SMILES string of the molecule is CCC1(C)Cc2c(sc3nc(SC)nc(SCC(=O)Nc4nccs4)c23)CO1. The van der Waals surface area contributed by atoms with E-state index < -0.39 is 0 Å². The molecule has 0 bridgehead atoms. The van der Waals surface area contributed by atoms with Gasteiger partial charge >= 0.3 is 0 Å². The van der Waals surface area contributed by atoms with E-state index in [4.69, 9.17) is 14.7 Å². The topological polar surface area (TPSA) is 77.0 Å². The van der Waals surface area contributed by atoms with Crippen molar-refractivity contribution >= 4 is 67.5 Å². The Morgan fingerprint density at radius 3 is 3.00 bits per heavy atom. The van der Waals surface area contributed by atoms with Gasteiger partial charge in [0.1, 0.15) is 9.86 Å². The fraction of sp³-hybridized carbons (Fsp3) is 0.444. The smallest absolute Gasteiger partial charge is 0.236 e. The third-order valence-corrected chi connectivity index (χ3v) is 8.04. The normalized spacial score (nSPS) is 19.0. The number of hydrogen-bond acceptors (Lipinski definition) is 9. The first-order valence-electron chi connectivity index (χ1n) is 8.83. The monoisotopic (exact) mass is 452 g/mol. The number of amides is 1. The second kappa shape index (κ2) is 8.27. The van der Waals surface area contributed by atoms with E-state index in [0.29, 0.717) is 11.7 Å². The number of thiophene rings is 1. The molecule has 3 aromatic heterocycles. The maximum atomic E-state index is 12.3. The van der Waals surface area contributed by atoms with E-state index in [1.54, 1.807) is 17.5 Å². The molecule has 1 atom stereocenters. The quantitative estimate of drug-likeness (QED) is 0.326. The summed E-state index contributed by atoms with van der Waals surface area (Å²) in [6.45, 7) is 4.93. The number of rotatable bonds is 6. The zero-order valence-electron chi connectivity index (χ0n) is 15.8. The van der Waals surface area contributed by atoms with Crippen molar-refractivity contribution in [1.82, 2.24) is 15.0 Å². The first kappa shape index (κ1) is 20.1. The van der Waals surface area contributed by atoms with Gasteiger partial charge in [-0.3, -0.25) is 4.79 Å². The third-order valence-electron chi connectivity index (χ3n) is 4.73. The Labute approximate surface area is 179 Å². The first-order valence-corrected chi connectivity index (χ1v) is 12.7. The van der Waals surface area contributed by atoms with Crippen LogP contribution in [0, 0.1) is 0 Å². The highest BCUT2D eigenvalue weighted by Gasteiger charge is 2.33. The van der Waals surface area contributed by atoms with Gasteiger partial charge in [-0.05, 0) is 25.2 Å². The summed E-state index contributed by atoms with van der Waals surface area (Å²) in [5, 5.41) is 7.98. The Balaban J connectivity index is 1.64. The standard InChI is InChI=1S/C18H20N4O2S4/c1-4-18(2)7-10-11(8-24-18)28-15-13(10)14(21-17(22-15)25-3)27-9-12(23)20-16-19-5-6-26-16/h5-6H,4,7-9H2,1-3H3,(H,19,20,23). The van der Waals surface area contributed by atoms with E-state index in [0.717, 1.165) is 33.2 Å². The highest BCUT2D eigenvalue weighted by Crippen LogP contribution is 2.43. The molecule has 1 unspecified atom stereocenters. The van der Waals surface area contributed by atoms with Crippen molar-refractivity contribution in [3.63, 3.8) is 0 Å². The van der Waals surface area contributed by atoms with Crippen LogP contribution in [-0.2, 0) is 22.6 Å². The minimum Gasteiger partial charge on any atom is -0.369 e. The van der Waals surface area contributed by atoms with Crippen LogP contribution in [0.15, 0.2) is 21.8 Å². The van der Waals surface area contributed by atoms with Crippen molar-refractivity contribution in [3.8, 4) is 0 Å². The van der Waals surface area contributed by atoms with Gasteiger partial charge in [0.2, 0.25) is 5.91 Å². The van der Waals surface area contributed by atoms with Gasteiger partial charge in [0.25, 0.3) is 0 Å². The van der Waals surface area contributed by atoms with E-state index in [-0.39, 0.29) is 17.3 Å². The molecule has 10 heteroatoms. The van der Waals surface area contributed by atoms with Crippen LogP contribution in [0.2, 0.25) is 0 Å². The number of nitrogens with zero attached hydrogens (tertiary/aromatic N) is 3. The Bertz CT molecular complexity index is 1000. The van der Waals surface area contributed by atoms with E-state index in [2.05, 4.69) is 24.1 Å². The average molecular weight is 453 g/mol. The highest BCUT2D eigenvalue weighted by atomic mass is 32.2. The van der Waals surface area contributed by atoms with Crippen molar-refractivity contribution in [2.24, 2.45) is 0 Å². The zero-order chi connectivity index (χ0) is 19.7. The first-order chi connectivity index (χ1) is 13.5. The number of nitrogens with one attached hydrogen (secondary N) is 1. The molecule has 0 saturated heterocycles. The number of thioether (sulfide) groups is 2. The zero-order valence-corrected chi connectivity index (χ0v) is 19.0. The van der Waals surface area contributed by atoms with Crippen molar-refractivity contribution in [2.45, 2.75) is 49.1 Å². The fourth-order valence-corrected chi connectivity index (χ4v) is 6.07. The molecule has 148 valence electrons. The minimum absolute atomic E-state index is 0.0803. The van der Waals surface area contributed by atoms with E-state index >= 15 is 0 Å². The van der Waals surface area contributed by atoms with Crippen LogP contribution in [0.1, 0.15) is 30.7 Å². The maximum Gasteiger partial charge on any atom is 0.236 e. The van der Waals surface area contributed by atoms with Gasteiger partial charge in [-0.15, -0.1) is 22.7 Å². The van der Waals surface area contributed by atoms with Crippen LogP contribution in [0.3, 0.4) is 0 Å². The average Bonchev–Trinajstić information content (AvgIpc) is 3.33. The van der Waals surface area contributed by atoms with Crippen LogP contribution in [0.5, 0.6) is 0 Å². The molecular weight excluding hydrogens is 432 g/mol. The fourth-order valence-electron chi connectivity index (χ4n) is 3.02. The molecule has 0 aromatic carbocycles. The summed E-state index contributed by atoms with van der Waals surface area (Å²) in [6.07, 6.45) is 5.44. The molecule has 0 fully saturated rings. The number of carbonyl (C=O) groups excluding carboxylic acids is 1. The minimum atomic E-state index is -0.163. The lowest BCUT2D eigenvalue weighted by Crippen LogP contribution is -2.33. The summed E-state index contributed by atoms with van der Waals surface area (Å²) in [7, 11) is 0. The predicted molar refractivity (Wildman–Crippen MR) is 118 cm³/mol. The lowest BCUT2D eigenvalue weighted by Gasteiger charge is -2.33. The molecule has 0 radical (unpaired) electrons. The van der Waals surface area contributed by atoms with Crippen molar-refractivity contribution in [3.05, 3.63) is 22.0 Å². The van der Waals surface area contributed by atoms with Crippen molar-refractivity contribution in [1.29, 1.82) is 0 Å². The summed E-state index contributed by atoms with van der Waals surface area (Å²) in [6, 6.07) is 0. The lowest BCUT2D eigenvalue weighted by molar-refractivity contribution is -0.113. The summed E-state index contributed by atoms with van der Waals surface area (Å²) in [5.41, 5.74) is 1.12. The Hall–Kier alpha value is -1.20. The van der Waals surface area contributed by atoms with Crippen LogP contribution < -0.4 is 5.32 Å². The van der Waals surface area contributed by atoms with Crippen LogP contribution in [0.4, 0.5) is 5.13 Å². The molecule has 0 spiro atoms. The van der Waals surface area contributed by atoms with Crippen molar-refractivity contribution in [2.75, 3.05) is 17.3 Å². The van der Waals surface area contributed by atoms with Crippen molar-refractivity contribution < 1.29 is 9.53 Å². The Kier molecular flexibility index (Phi) is 5.93. The van der Waals surface area contributed by atoms with Gasteiger partial charge in [0.15, 0.2) is 10.3 Å². The van der Waals surface area contributed by atoms with Gasteiger partial charge in [0.05, 0.1) is 18.0 Å². The predicted octanol–water partition coefficient (Wildman–Crippen LogP) is 4.84. The summed E-state index contributed by atoms with van der Waals surface area (Å²) in [5.74, 6) is 0.203. The molecule has 0 aliphatic carbocycles. The molecule has 4 rings (SSSR count). The largest absolute Gasteiger partial charge is 0.369 e. The maximum absolute atomic E-state index is 12.3. The number of hydrogen-bond donors (Lipinski definition) is 1. The van der Waals surface area contributed by atoms with Crippen LogP contribution in [-0.4, -0.2) is 38.5 Å². The van der Waals surface area contributed by atoms with E-state index in [9.17, 15) is 4.79 Å². The molecule has 1 N–H and O–H groups in total. The molecule has 28 heavy (non-hydrogen) atoms. The number of thiazole rings is 1. The number of anilines is 1. The molecule has 1 amide bonds. The van der Waals surface area contributed by atoms with Gasteiger partial charge in [-0.25, -0.2) is 15.0 Å².